The zero-order valence-electron chi connectivity index (χ0n) is 13.9. The molecule has 2 rings (SSSR count). The molecule has 0 atom stereocenters. The van der Waals surface area contributed by atoms with E-state index in [2.05, 4.69) is 10.6 Å². The highest BCUT2D eigenvalue weighted by molar-refractivity contribution is 6.35. The predicted molar refractivity (Wildman–Crippen MR) is 100 cm³/mol. The summed E-state index contributed by atoms with van der Waals surface area (Å²) in [6, 6.07) is 12.4. The van der Waals surface area contributed by atoms with E-state index >= 15 is 0 Å². The lowest BCUT2D eigenvalue weighted by molar-refractivity contribution is 0.236. The standard InChI is InChI=1S/C18H20Cl2N2O3/c1-24-15-3-2-4-16(12-15)25-10-9-22-18(23)21-8-7-13-5-6-14(19)11-17(13)20/h2-6,11-12H,7-10H2,1H3,(H2,21,22,23). The number of halogens is 2. The number of amides is 2. The van der Waals surface area contributed by atoms with Crippen molar-refractivity contribution in [2.24, 2.45) is 0 Å². The molecule has 0 aliphatic heterocycles. The molecule has 0 aliphatic carbocycles. The maximum Gasteiger partial charge on any atom is 0.314 e. The second-order valence-electron chi connectivity index (χ2n) is 5.20. The Hall–Kier alpha value is -2.11. The smallest absolute Gasteiger partial charge is 0.314 e. The molecule has 0 aromatic heterocycles. The Labute approximate surface area is 157 Å². The summed E-state index contributed by atoms with van der Waals surface area (Å²) in [5.74, 6) is 1.42. The molecule has 2 aromatic carbocycles. The number of carbonyl (C=O) groups is 1. The summed E-state index contributed by atoms with van der Waals surface area (Å²) in [5.41, 5.74) is 0.938. The summed E-state index contributed by atoms with van der Waals surface area (Å²) < 4.78 is 10.7. The molecule has 0 bridgehead atoms. The lowest BCUT2D eigenvalue weighted by atomic mass is 10.1. The first-order valence-electron chi connectivity index (χ1n) is 7.81. The summed E-state index contributed by atoms with van der Waals surface area (Å²) in [4.78, 5) is 11.7. The minimum absolute atomic E-state index is 0.251. The van der Waals surface area contributed by atoms with Crippen molar-refractivity contribution in [3.05, 3.63) is 58.1 Å². The van der Waals surface area contributed by atoms with Gasteiger partial charge in [-0.1, -0.05) is 35.3 Å². The molecule has 0 aliphatic rings. The molecule has 0 saturated carbocycles. The first-order valence-corrected chi connectivity index (χ1v) is 8.56. The van der Waals surface area contributed by atoms with E-state index in [1.165, 1.54) is 0 Å². The minimum atomic E-state index is -0.251. The van der Waals surface area contributed by atoms with Crippen molar-refractivity contribution in [3.63, 3.8) is 0 Å². The Morgan fingerprint density at radius 3 is 2.56 bits per heavy atom. The summed E-state index contributed by atoms with van der Waals surface area (Å²) in [6.45, 7) is 1.23. The fourth-order valence-electron chi connectivity index (χ4n) is 2.12. The second kappa shape index (κ2) is 10.0. The monoisotopic (exact) mass is 382 g/mol. The highest BCUT2D eigenvalue weighted by Gasteiger charge is 2.04. The Morgan fingerprint density at radius 1 is 1.04 bits per heavy atom. The molecule has 0 fully saturated rings. The average molecular weight is 383 g/mol. The Balaban J connectivity index is 1.62. The van der Waals surface area contributed by atoms with Gasteiger partial charge in [-0.25, -0.2) is 4.79 Å². The molecule has 0 radical (unpaired) electrons. The molecular weight excluding hydrogens is 363 g/mol. The highest BCUT2D eigenvalue weighted by Crippen LogP contribution is 2.21. The molecule has 7 heteroatoms. The van der Waals surface area contributed by atoms with Crippen molar-refractivity contribution < 1.29 is 14.3 Å². The van der Waals surface area contributed by atoms with Gasteiger partial charge in [0, 0.05) is 22.7 Å². The van der Waals surface area contributed by atoms with Gasteiger partial charge in [-0.3, -0.25) is 0 Å². The Morgan fingerprint density at radius 2 is 1.80 bits per heavy atom. The number of rotatable bonds is 8. The lowest BCUT2D eigenvalue weighted by Crippen LogP contribution is -2.38. The van der Waals surface area contributed by atoms with Gasteiger partial charge in [0.25, 0.3) is 0 Å². The topological polar surface area (TPSA) is 59.6 Å². The molecule has 0 spiro atoms. The normalized spacial score (nSPS) is 10.2. The van der Waals surface area contributed by atoms with E-state index in [4.69, 9.17) is 32.7 Å². The number of ether oxygens (including phenoxy) is 2. The maximum atomic E-state index is 11.7. The van der Waals surface area contributed by atoms with Crippen LogP contribution in [0.5, 0.6) is 11.5 Å². The maximum absolute atomic E-state index is 11.7. The number of hydrogen-bond acceptors (Lipinski definition) is 3. The van der Waals surface area contributed by atoms with E-state index in [1.54, 1.807) is 25.3 Å². The van der Waals surface area contributed by atoms with Gasteiger partial charge in [0.2, 0.25) is 0 Å². The van der Waals surface area contributed by atoms with Crippen molar-refractivity contribution in [2.45, 2.75) is 6.42 Å². The quantitative estimate of drug-likeness (QED) is 0.680. The number of benzene rings is 2. The van der Waals surface area contributed by atoms with Crippen LogP contribution in [0, 0.1) is 0 Å². The van der Waals surface area contributed by atoms with Crippen LogP contribution in [0.4, 0.5) is 4.79 Å². The van der Waals surface area contributed by atoms with Crippen molar-refractivity contribution in [2.75, 3.05) is 26.8 Å². The predicted octanol–water partition coefficient (Wildman–Crippen LogP) is 3.92. The summed E-state index contributed by atoms with van der Waals surface area (Å²) in [6.07, 6.45) is 0.629. The van der Waals surface area contributed by atoms with E-state index in [-0.39, 0.29) is 6.03 Å². The van der Waals surface area contributed by atoms with Crippen LogP contribution in [0.2, 0.25) is 10.0 Å². The number of urea groups is 1. The number of methoxy groups -OCH3 is 1. The minimum Gasteiger partial charge on any atom is -0.497 e. The second-order valence-corrected chi connectivity index (χ2v) is 6.04. The highest BCUT2D eigenvalue weighted by atomic mass is 35.5. The summed E-state index contributed by atoms with van der Waals surface area (Å²) in [5, 5.41) is 6.70. The number of hydrogen-bond donors (Lipinski definition) is 2. The van der Waals surface area contributed by atoms with Crippen LogP contribution in [-0.4, -0.2) is 32.8 Å². The van der Waals surface area contributed by atoms with Gasteiger partial charge >= 0.3 is 6.03 Å². The average Bonchev–Trinajstić information content (AvgIpc) is 2.61. The van der Waals surface area contributed by atoms with Crippen LogP contribution < -0.4 is 20.1 Å². The SMILES string of the molecule is COc1cccc(OCCNC(=O)NCCc2ccc(Cl)cc2Cl)c1. The zero-order valence-corrected chi connectivity index (χ0v) is 15.4. The van der Waals surface area contributed by atoms with Crippen molar-refractivity contribution in [3.8, 4) is 11.5 Å². The van der Waals surface area contributed by atoms with Crippen LogP contribution in [0.25, 0.3) is 0 Å². The molecule has 0 unspecified atom stereocenters. The number of carbonyl (C=O) groups excluding carboxylic acids is 1. The van der Waals surface area contributed by atoms with E-state index in [0.29, 0.717) is 41.9 Å². The molecule has 2 aromatic rings. The van der Waals surface area contributed by atoms with Crippen LogP contribution in [0.1, 0.15) is 5.56 Å². The van der Waals surface area contributed by atoms with Crippen LogP contribution in [-0.2, 0) is 6.42 Å². The molecule has 134 valence electrons. The van der Waals surface area contributed by atoms with Gasteiger partial charge in [0.05, 0.1) is 13.7 Å². The van der Waals surface area contributed by atoms with Gasteiger partial charge < -0.3 is 20.1 Å². The fourth-order valence-corrected chi connectivity index (χ4v) is 2.63. The molecule has 0 saturated heterocycles. The number of nitrogens with one attached hydrogen (secondary N) is 2. The zero-order chi connectivity index (χ0) is 18.1. The molecule has 25 heavy (non-hydrogen) atoms. The molecule has 0 heterocycles. The van der Waals surface area contributed by atoms with Gasteiger partial charge in [0.1, 0.15) is 18.1 Å². The Bertz CT molecular complexity index is 710. The van der Waals surface area contributed by atoms with Crippen LogP contribution >= 0.6 is 23.2 Å². The molecule has 5 nitrogen and oxygen atoms in total. The largest absolute Gasteiger partial charge is 0.497 e. The fraction of sp³-hybridized carbons (Fsp3) is 0.278. The third-order valence-electron chi connectivity index (χ3n) is 3.39. The van der Waals surface area contributed by atoms with E-state index in [9.17, 15) is 4.79 Å². The third kappa shape index (κ3) is 6.72. The summed E-state index contributed by atoms with van der Waals surface area (Å²) >= 11 is 11.9. The van der Waals surface area contributed by atoms with Gasteiger partial charge in [-0.2, -0.15) is 0 Å². The third-order valence-corrected chi connectivity index (χ3v) is 3.98. The van der Waals surface area contributed by atoms with Crippen LogP contribution in [0.15, 0.2) is 42.5 Å². The molecular formula is C18H20Cl2N2O3. The van der Waals surface area contributed by atoms with Crippen molar-refractivity contribution in [1.82, 2.24) is 10.6 Å². The van der Waals surface area contributed by atoms with Gasteiger partial charge in [0.15, 0.2) is 0 Å². The Kier molecular flexibility index (Phi) is 7.70. The van der Waals surface area contributed by atoms with E-state index in [0.717, 1.165) is 11.3 Å². The lowest BCUT2D eigenvalue weighted by Gasteiger charge is -2.10. The van der Waals surface area contributed by atoms with E-state index in [1.807, 2.05) is 24.3 Å². The van der Waals surface area contributed by atoms with Gasteiger partial charge in [-0.05, 0) is 36.2 Å². The molecule has 2 amide bonds. The van der Waals surface area contributed by atoms with Crippen LogP contribution in [0.3, 0.4) is 0 Å². The van der Waals surface area contributed by atoms with Crippen molar-refractivity contribution in [1.29, 1.82) is 0 Å². The molecule has 2 N–H and O–H groups in total. The summed E-state index contributed by atoms with van der Waals surface area (Å²) in [7, 11) is 1.60. The van der Waals surface area contributed by atoms with Crippen molar-refractivity contribution >= 4 is 29.2 Å². The van der Waals surface area contributed by atoms with Gasteiger partial charge in [-0.15, -0.1) is 0 Å². The first-order chi connectivity index (χ1) is 12.1. The first kappa shape index (κ1) is 19.2. The van der Waals surface area contributed by atoms with E-state index < -0.39 is 0 Å².